The second-order valence-corrected chi connectivity index (χ2v) is 7.15. The fourth-order valence-corrected chi connectivity index (χ4v) is 3.58. The molecule has 0 amide bonds. The molecule has 2 aromatic rings. The van der Waals surface area contributed by atoms with E-state index in [0.29, 0.717) is 10.2 Å². The number of hydrogen-bond donors (Lipinski definition) is 1. The molecule has 8 heteroatoms. The Labute approximate surface area is 160 Å². The summed E-state index contributed by atoms with van der Waals surface area (Å²) in [5.74, 6) is -0.154. The zero-order chi connectivity index (χ0) is 18.5. The maximum absolute atomic E-state index is 13.9. The molecule has 3 rings (SSSR count). The van der Waals surface area contributed by atoms with Crippen LogP contribution in [0.1, 0.15) is 6.42 Å². The number of nitrogens with zero attached hydrogens (tertiary/aromatic N) is 4. The molecule has 0 atom stereocenters. The van der Waals surface area contributed by atoms with Crippen LogP contribution in [0, 0.1) is 5.82 Å². The Hall–Kier alpha value is -1.93. The van der Waals surface area contributed by atoms with Crippen molar-refractivity contribution in [3.63, 3.8) is 0 Å². The van der Waals surface area contributed by atoms with Gasteiger partial charge >= 0.3 is 0 Å². The molecular weight excluding hydrogens is 401 g/mol. The van der Waals surface area contributed by atoms with Crippen molar-refractivity contribution in [2.24, 2.45) is 7.05 Å². The van der Waals surface area contributed by atoms with Crippen molar-refractivity contribution in [3.05, 3.63) is 51.1 Å². The molecule has 0 spiro atoms. The van der Waals surface area contributed by atoms with Gasteiger partial charge in [-0.1, -0.05) is 12.1 Å². The lowest BCUT2D eigenvalue weighted by atomic mass is 10.2. The van der Waals surface area contributed by atoms with E-state index in [-0.39, 0.29) is 11.4 Å². The maximum Gasteiger partial charge on any atom is 0.282 e. The Morgan fingerprint density at radius 1 is 1.23 bits per heavy atom. The summed E-state index contributed by atoms with van der Waals surface area (Å²) in [6.45, 7) is 5.24. The van der Waals surface area contributed by atoms with Crippen LogP contribution in [0.25, 0.3) is 0 Å². The number of rotatable bonds is 6. The molecule has 1 aliphatic heterocycles. The molecule has 140 valence electrons. The van der Waals surface area contributed by atoms with Crippen LogP contribution in [0.15, 0.2) is 39.7 Å². The molecule has 1 N–H and O–H groups in total. The van der Waals surface area contributed by atoms with Crippen LogP contribution in [-0.2, 0) is 7.05 Å². The van der Waals surface area contributed by atoms with E-state index in [1.54, 1.807) is 19.3 Å². The highest BCUT2D eigenvalue weighted by molar-refractivity contribution is 9.10. The third kappa shape index (κ3) is 4.42. The van der Waals surface area contributed by atoms with Gasteiger partial charge in [-0.25, -0.2) is 9.07 Å². The number of halogens is 2. The second-order valence-electron chi connectivity index (χ2n) is 6.36. The van der Waals surface area contributed by atoms with Gasteiger partial charge in [0.25, 0.3) is 5.56 Å². The Bertz CT molecular complexity index is 804. The van der Waals surface area contributed by atoms with Gasteiger partial charge in [-0.3, -0.25) is 9.69 Å². The molecule has 2 heterocycles. The topological polar surface area (TPSA) is 53.4 Å². The minimum absolute atomic E-state index is 0.153. The fraction of sp³-hybridized carbons (Fsp3) is 0.444. The normalized spacial score (nSPS) is 15.3. The maximum atomic E-state index is 13.9. The summed E-state index contributed by atoms with van der Waals surface area (Å²) in [5.41, 5.74) is 1.26. The standard InChI is InChI=1S/C18H23BrFN5O/c1-23-18(26)17(19)15(13-22-23)21-7-4-8-24-9-11-25(12-10-24)16-6-3-2-5-14(16)20/h2-3,5-6,13,21H,4,7-12H2,1H3. The fourth-order valence-electron chi connectivity index (χ4n) is 3.08. The summed E-state index contributed by atoms with van der Waals surface area (Å²) in [5, 5.41) is 7.27. The van der Waals surface area contributed by atoms with Crippen LogP contribution in [0.4, 0.5) is 15.8 Å². The minimum Gasteiger partial charge on any atom is -0.383 e. The molecule has 6 nitrogen and oxygen atoms in total. The quantitative estimate of drug-likeness (QED) is 0.722. The largest absolute Gasteiger partial charge is 0.383 e. The van der Waals surface area contributed by atoms with Crippen LogP contribution in [0.3, 0.4) is 0 Å². The lowest BCUT2D eigenvalue weighted by molar-refractivity contribution is 0.256. The van der Waals surface area contributed by atoms with Gasteiger partial charge in [-0.15, -0.1) is 0 Å². The van der Waals surface area contributed by atoms with Gasteiger partial charge in [0.15, 0.2) is 0 Å². The van der Waals surface area contributed by atoms with E-state index < -0.39 is 0 Å². The van der Waals surface area contributed by atoms with E-state index in [4.69, 9.17) is 0 Å². The van der Waals surface area contributed by atoms with Gasteiger partial charge in [-0.05, 0) is 41.0 Å². The molecule has 0 bridgehead atoms. The van der Waals surface area contributed by atoms with E-state index in [2.05, 4.69) is 36.1 Å². The van der Waals surface area contributed by atoms with E-state index in [0.717, 1.165) is 51.4 Å². The highest BCUT2D eigenvalue weighted by Gasteiger charge is 2.18. The smallest absolute Gasteiger partial charge is 0.282 e. The predicted octanol–water partition coefficient (Wildman–Crippen LogP) is 2.31. The summed E-state index contributed by atoms with van der Waals surface area (Å²) in [6.07, 6.45) is 2.61. The average Bonchev–Trinajstić information content (AvgIpc) is 2.66. The van der Waals surface area contributed by atoms with Crippen molar-refractivity contribution in [2.45, 2.75) is 6.42 Å². The Morgan fingerprint density at radius 2 is 1.96 bits per heavy atom. The van der Waals surface area contributed by atoms with Crippen molar-refractivity contribution in [3.8, 4) is 0 Å². The molecule has 1 aromatic heterocycles. The van der Waals surface area contributed by atoms with E-state index in [1.807, 2.05) is 12.1 Å². The molecular formula is C18H23BrFN5O. The first-order valence-electron chi connectivity index (χ1n) is 8.74. The lowest BCUT2D eigenvalue weighted by Gasteiger charge is -2.36. The van der Waals surface area contributed by atoms with Crippen molar-refractivity contribution < 1.29 is 4.39 Å². The first-order chi connectivity index (χ1) is 12.6. The van der Waals surface area contributed by atoms with Gasteiger partial charge in [0.05, 0.1) is 17.6 Å². The number of aryl methyl sites for hydroxylation is 1. The number of piperazine rings is 1. The molecule has 1 fully saturated rings. The van der Waals surface area contributed by atoms with Crippen LogP contribution >= 0.6 is 15.9 Å². The molecule has 1 aromatic carbocycles. The molecule has 0 saturated carbocycles. The second kappa shape index (κ2) is 8.64. The number of nitrogens with one attached hydrogen (secondary N) is 1. The van der Waals surface area contributed by atoms with Gasteiger partial charge in [0.1, 0.15) is 10.3 Å². The number of anilines is 2. The number of para-hydroxylation sites is 1. The third-order valence-corrected chi connectivity index (χ3v) is 5.38. The Morgan fingerprint density at radius 3 is 2.69 bits per heavy atom. The zero-order valence-electron chi connectivity index (χ0n) is 14.8. The molecule has 0 radical (unpaired) electrons. The summed E-state index contributed by atoms with van der Waals surface area (Å²) < 4.78 is 15.7. The zero-order valence-corrected chi connectivity index (χ0v) is 16.4. The van der Waals surface area contributed by atoms with Crippen LogP contribution in [-0.4, -0.2) is 53.9 Å². The van der Waals surface area contributed by atoms with Crippen molar-refractivity contribution >= 4 is 27.3 Å². The third-order valence-electron chi connectivity index (χ3n) is 4.61. The molecule has 0 unspecified atom stereocenters. The Balaban J connectivity index is 1.41. The van der Waals surface area contributed by atoms with Crippen molar-refractivity contribution in [2.75, 3.05) is 49.5 Å². The van der Waals surface area contributed by atoms with Gasteiger partial charge in [0, 0.05) is 39.8 Å². The molecule has 1 aliphatic rings. The SMILES string of the molecule is Cn1ncc(NCCCN2CCN(c3ccccc3F)CC2)c(Br)c1=O. The van der Waals surface area contributed by atoms with Crippen LogP contribution in [0.2, 0.25) is 0 Å². The summed E-state index contributed by atoms with van der Waals surface area (Å²) in [6, 6.07) is 6.95. The first-order valence-corrected chi connectivity index (χ1v) is 9.53. The average molecular weight is 424 g/mol. The highest BCUT2D eigenvalue weighted by atomic mass is 79.9. The van der Waals surface area contributed by atoms with Crippen LogP contribution in [0.5, 0.6) is 0 Å². The van der Waals surface area contributed by atoms with E-state index >= 15 is 0 Å². The predicted molar refractivity (Wildman–Crippen MR) is 105 cm³/mol. The number of hydrogen-bond acceptors (Lipinski definition) is 5. The van der Waals surface area contributed by atoms with E-state index in [9.17, 15) is 9.18 Å². The monoisotopic (exact) mass is 423 g/mol. The van der Waals surface area contributed by atoms with E-state index in [1.165, 1.54) is 10.7 Å². The van der Waals surface area contributed by atoms with Gasteiger partial charge < -0.3 is 10.2 Å². The molecule has 1 saturated heterocycles. The summed E-state index contributed by atoms with van der Waals surface area (Å²) in [4.78, 5) is 16.3. The summed E-state index contributed by atoms with van der Waals surface area (Å²) >= 11 is 3.31. The Kier molecular flexibility index (Phi) is 6.26. The molecule has 26 heavy (non-hydrogen) atoms. The summed E-state index contributed by atoms with van der Waals surface area (Å²) in [7, 11) is 1.62. The first kappa shape index (κ1) is 18.8. The van der Waals surface area contributed by atoms with Crippen LogP contribution < -0.4 is 15.8 Å². The van der Waals surface area contributed by atoms with Gasteiger partial charge in [0.2, 0.25) is 0 Å². The minimum atomic E-state index is -0.154. The van der Waals surface area contributed by atoms with Crippen molar-refractivity contribution in [1.29, 1.82) is 0 Å². The number of benzene rings is 1. The number of aromatic nitrogens is 2. The highest BCUT2D eigenvalue weighted by Crippen LogP contribution is 2.20. The lowest BCUT2D eigenvalue weighted by Crippen LogP contribution is -2.47. The van der Waals surface area contributed by atoms with Crippen molar-refractivity contribution in [1.82, 2.24) is 14.7 Å². The van der Waals surface area contributed by atoms with Gasteiger partial charge in [-0.2, -0.15) is 5.10 Å². The molecule has 0 aliphatic carbocycles.